The molecule has 1 atom stereocenters. The molecule has 0 aliphatic rings. The van der Waals surface area contributed by atoms with E-state index >= 15 is 0 Å². The number of nitrogens with two attached hydrogens (primary N) is 1. The fourth-order valence-electron chi connectivity index (χ4n) is 3.89. The van der Waals surface area contributed by atoms with Gasteiger partial charge in [0.05, 0.1) is 11.6 Å². The lowest BCUT2D eigenvalue weighted by Crippen LogP contribution is -2.42. The molecule has 4 rings (SSSR count). The third kappa shape index (κ3) is 5.80. The number of carbonyl (C=O) groups is 2. The van der Waals surface area contributed by atoms with Crippen LogP contribution in [0.25, 0.3) is 28.2 Å². The zero-order valence-electron chi connectivity index (χ0n) is 20.9. The van der Waals surface area contributed by atoms with Crippen LogP contribution in [-0.2, 0) is 4.79 Å². The van der Waals surface area contributed by atoms with Gasteiger partial charge in [0.15, 0.2) is 23.2 Å². The van der Waals surface area contributed by atoms with Gasteiger partial charge in [-0.25, -0.2) is 18.6 Å². The van der Waals surface area contributed by atoms with E-state index in [-0.39, 0.29) is 29.0 Å². The lowest BCUT2D eigenvalue weighted by Gasteiger charge is -2.18. The van der Waals surface area contributed by atoms with Crippen LogP contribution in [0.3, 0.4) is 0 Å². The van der Waals surface area contributed by atoms with Gasteiger partial charge in [-0.2, -0.15) is 4.68 Å². The molecular formula is C26H26F2N8O2. The maximum absolute atomic E-state index is 14.4. The Morgan fingerprint density at radius 2 is 1.84 bits per heavy atom. The van der Waals surface area contributed by atoms with E-state index in [1.807, 2.05) is 13.8 Å². The summed E-state index contributed by atoms with van der Waals surface area (Å²) in [6.45, 7) is 5.39. The molecule has 38 heavy (non-hydrogen) atoms. The number of benzene rings is 2. The minimum absolute atomic E-state index is 0.0652. The molecule has 2 aromatic carbocycles. The monoisotopic (exact) mass is 520 g/mol. The first kappa shape index (κ1) is 26.3. The van der Waals surface area contributed by atoms with Crippen LogP contribution in [0.5, 0.6) is 0 Å². The summed E-state index contributed by atoms with van der Waals surface area (Å²) in [5.74, 6) is -1.90. The number of nitrogen functional groups attached to an aromatic ring is 1. The number of aromatic nitrogens is 5. The fraction of sp³-hybridized carbons (Fsp3) is 0.231. The molecule has 196 valence electrons. The van der Waals surface area contributed by atoms with Crippen LogP contribution in [0, 0.1) is 17.6 Å². The highest BCUT2D eigenvalue weighted by atomic mass is 19.2. The molecule has 0 aliphatic heterocycles. The van der Waals surface area contributed by atoms with Gasteiger partial charge >= 0.3 is 6.03 Å². The van der Waals surface area contributed by atoms with Crippen molar-refractivity contribution in [3.05, 3.63) is 66.4 Å². The maximum atomic E-state index is 14.4. The number of Topliss-reactive ketones (excluding diaryl/α,β-unsaturated/α-hetero) is 1. The summed E-state index contributed by atoms with van der Waals surface area (Å²) in [5, 5.41) is 16.8. The third-order valence-corrected chi connectivity index (χ3v) is 5.75. The lowest BCUT2D eigenvalue weighted by molar-refractivity contribution is -0.119. The van der Waals surface area contributed by atoms with Crippen molar-refractivity contribution >= 4 is 23.3 Å². The zero-order chi connectivity index (χ0) is 27.4. The number of nitrogens with one attached hydrogen (secondary N) is 2. The second kappa shape index (κ2) is 11.1. The Morgan fingerprint density at radius 3 is 2.58 bits per heavy atom. The van der Waals surface area contributed by atoms with Crippen LogP contribution in [0.4, 0.5) is 25.1 Å². The second-order valence-corrected chi connectivity index (χ2v) is 9.12. The SMILES string of the molecule is CC(=O)[C@H](CC(C)C)NC(=O)Nc1cccc(-c2cnc(N)c(-c3nnnn3-c3cccc(F)c3F)c2)c1. The average Bonchev–Trinajstić information content (AvgIpc) is 3.35. The molecule has 0 saturated heterocycles. The van der Waals surface area contributed by atoms with Crippen molar-refractivity contribution in [2.24, 2.45) is 5.92 Å². The molecule has 0 radical (unpaired) electrons. The van der Waals surface area contributed by atoms with E-state index in [1.54, 1.807) is 30.3 Å². The van der Waals surface area contributed by atoms with Crippen LogP contribution in [0.2, 0.25) is 0 Å². The minimum Gasteiger partial charge on any atom is -0.383 e. The van der Waals surface area contributed by atoms with Crippen molar-refractivity contribution in [1.29, 1.82) is 0 Å². The molecule has 0 saturated carbocycles. The van der Waals surface area contributed by atoms with E-state index in [0.29, 0.717) is 28.8 Å². The van der Waals surface area contributed by atoms with E-state index in [0.717, 1.165) is 10.7 Å². The number of hydrogen-bond acceptors (Lipinski definition) is 7. The van der Waals surface area contributed by atoms with Gasteiger partial charge in [0, 0.05) is 17.4 Å². The van der Waals surface area contributed by atoms with Gasteiger partial charge in [-0.3, -0.25) is 4.79 Å². The van der Waals surface area contributed by atoms with Crippen molar-refractivity contribution in [3.63, 3.8) is 0 Å². The van der Waals surface area contributed by atoms with Crippen molar-refractivity contribution in [1.82, 2.24) is 30.5 Å². The predicted molar refractivity (Wildman–Crippen MR) is 138 cm³/mol. The Labute approximate surface area is 217 Å². The Hall–Kier alpha value is -4.74. The Balaban J connectivity index is 1.61. The molecule has 2 heterocycles. The van der Waals surface area contributed by atoms with Crippen molar-refractivity contribution in [2.45, 2.75) is 33.2 Å². The average molecular weight is 521 g/mol. The lowest BCUT2D eigenvalue weighted by atomic mass is 10.0. The number of tetrazole rings is 1. The summed E-state index contributed by atoms with van der Waals surface area (Å²) in [7, 11) is 0. The first-order valence-corrected chi connectivity index (χ1v) is 11.8. The Bertz CT molecular complexity index is 1490. The van der Waals surface area contributed by atoms with Gasteiger partial charge < -0.3 is 16.4 Å². The highest BCUT2D eigenvalue weighted by molar-refractivity contribution is 5.94. The topological polar surface area (TPSA) is 141 Å². The standard InChI is InChI=1S/C26H26F2N8O2/c1-14(2)10-21(15(3)37)32-26(38)31-18-7-4-6-16(11-18)17-12-19(24(29)30-13-17)25-33-34-35-36(25)22-9-5-8-20(27)23(22)28/h4-9,11-14,21H,10H2,1-3H3,(H2,29,30)(H2,31,32,38)/t21-/m0/s1. The molecular weight excluding hydrogens is 494 g/mol. The summed E-state index contributed by atoms with van der Waals surface area (Å²) >= 11 is 0. The number of halogens is 2. The maximum Gasteiger partial charge on any atom is 0.319 e. The number of urea groups is 1. The molecule has 4 aromatic rings. The Kier molecular flexibility index (Phi) is 7.70. The molecule has 10 nitrogen and oxygen atoms in total. The summed E-state index contributed by atoms with van der Waals surface area (Å²) in [6, 6.07) is 11.2. The minimum atomic E-state index is -1.11. The smallest absolute Gasteiger partial charge is 0.319 e. The van der Waals surface area contributed by atoms with Crippen LogP contribution in [0.1, 0.15) is 27.2 Å². The highest BCUT2D eigenvalue weighted by Crippen LogP contribution is 2.31. The van der Waals surface area contributed by atoms with Crippen molar-refractivity contribution < 1.29 is 18.4 Å². The summed E-state index contributed by atoms with van der Waals surface area (Å²) in [4.78, 5) is 28.7. The van der Waals surface area contributed by atoms with E-state index in [4.69, 9.17) is 5.73 Å². The van der Waals surface area contributed by atoms with Gasteiger partial charge in [-0.15, -0.1) is 5.10 Å². The number of anilines is 2. The third-order valence-electron chi connectivity index (χ3n) is 5.75. The first-order chi connectivity index (χ1) is 18.1. The molecule has 12 heteroatoms. The molecule has 2 amide bonds. The molecule has 0 spiro atoms. The van der Waals surface area contributed by atoms with Gasteiger partial charge in [-0.1, -0.05) is 32.0 Å². The largest absolute Gasteiger partial charge is 0.383 e. The normalized spacial score (nSPS) is 11.8. The molecule has 0 unspecified atom stereocenters. The van der Waals surface area contributed by atoms with Gasteiger partial charge in [0.25, 0.3) is 0 Å². The number of carbonyl (C=O) groups excluding carboxylic acids is 2. The summed E-state index contributed by atoms with van der Waals surface area (Å²) in [6.07, 6.45) is 2.06. The summed E-state index contributed by atoms with van der Waals surface area (Å²) in [5.41, 5.74) is 7.97. The van der Waals surface area contributed by atoms with Crippen LogP contribution >= 0.6 is 0 Å². The van der Waals surface area contributed by atoms with Gasteiger partial charge in [0.2, 0.25) is 0 Å². The quantitative estimate of drug-likeness (QED) is 0.313. The van der Waals surface area contributed by atoms with E-state index in [1.165, 1.54) is 25.3 Å². The number of hydrogen-bond donors (Lipinski definition) is 3. The first-order valence-electron chi connectivity index (χ1n) is 11.8. The number of rotatable bonds is 8. The number of ketones is 1. The molecule has 4 N–H and O–H groups in total. The van der Waals surface area contributed by atoms with E-state index in [9.17, 15) is 18.4 Å². The van der Waals surface area contributed by atoms with E-state index < -0.39 is 23.7 Å². The van der Waals surface area contributed by atoms with Crippen molar-refractivity contribution in [3.8, 4) is 28.2 Å². The number of amides is 2. The summed E-state index contributed by atoms with van der Waals surface area (Å²) < 4.78 is 29.3. The molecule has 0 fully saturated rings. The van der Waals surface area contributed by atoms with Crippen LogP contribution in [-0.4, -0.2) is 43.0 Å². The second-order valence-electron chi connectivity index (χ2n) is 9.12. The zero-order valence-corrected chi connectivity index (χ0v) is 20.9. The number of pyridine rings is 1. The van der Waals surface area contributed by atoms with Gasteiger partial charge in [0.1, 0.15) is 11.5 Å². The fourth-order valence-corrected chi connectivity index (χ4v) is 3.89. The predicted octanol–water partition coefficient (Wildman–Crippen LogP) is 4.38. The van der Waals surface area contributed by atoms with Crippen molar-refractivity contribution in [2.75, 3.05) is 11.1 Å². The van der Waals surface area contributed by atoms with Crippen LogP contribution in [0.15, 0.2) is 54.7 Å². The molecule has 0 aliphatic carbocycles. The highest BCUT2D eigenvalue weighted by Gasteiger charge is 2.20. The van der Waals surface area contributed by atoms with Crippen LogP contribution < -0.4 is 16.4 Å². The van der Waals surface area contributed by atoms with Gasteiger partial charge in [-0.05, 0) is 65.6 Å². The number of nitrogens with zero attached hydrogens (tertiary/aromatic N) is 5. The molecule has 0 bridgehead atoms. The Morgan fingerprint density at radius 1 is 1.08 bits per heavy atom. The van der Waals surface area contributed by atoms with E-state index in [2.05, 4.69) is 31.1 Å². The molecule has 2 aromatic heterocycles.